The molecular formula is C30H37N5O6. The molecule has 11 nitrogen and oxygen atoms in total. The van der Waals surface area contributed by atoms with Crippen LogP contribution in [0.5, 0.6) is 5.75 Å². The van der Waals surface area contributed by atoms with E-state index in [2.05, 4.69) is 10.6 Å². The summed E-state index contributed by atoms with van der Waals surface area (Å²) in [5.74, 6) is -0.249. The first kappa shape index (κ1) is 28.4. The Bertz CT molecular complexity index is 1420. The fourth-order valence-electron chi connectivity index (χ4n) is 6.26. The van der Waals surface area contributed by atoms with Crippen LogP contribution in [0.25, 0.3) is 16.9 Å². The number of carboxylic acid groups (broad SMARTS) is 1. The van der Waals surface area contributed by atoms with E-state index in [1.165, 1.54) is 19.6 Å². The Kier molecular flexibility index (Phi) is 8.70. The van der Waals surface area contributed by atoms with Gasteiger partial charge in [0.2, 0.25) is 0 Å². The molecule has 0 saturated heterocycles. The highest BCUT2D eigenvalue weighted by molar-refractivity contribution is 5.96. The molecule has 218 valence electrons. The van der Waals surface area contributed by atoms with Crippen molar-refractivity contribution in [3.8, 4) is 17.0 Å². The highest BCUT2D eigenvalue weighted by Gasteiger charge is 2.28. The number of rotatable bonds is 10. The van der Waals surface area contributed by atoms with Gasteiger partial charge in [0.05, 0.1) is 18.5 Å². The number of nitro benzene ring substituents is 1. The minimum atomic E-state index is -0.929. The molecule has 2 aliphatic carbocycles. The van der Waals surface area contributed by atoms with Crippen molar-refractivity contribution >= 4 is 29.0 Å². The molecule has 11 heteroatoms. The lowest BCUT2D eigenvalue weighted by molar-refractivity contribution is -0.385. The van der Waals surface area contributed by atoms with Crippen molar-refractivity contribution in [1.29, 1.82) is 0 Å². The summed E-state index contributed by atoms with van der Waals surface area (Å²) in [5, 5.41) is 27.8. The second kappa shape index (κ2) is 12.6. The fraction of sp³-hybridized carbons (Fsp3) is 0.500. The number of nitrogens with one attached hydrogen (secondary N) is 2. The fourth-order valence-corrected chi connectivity index (χ4v) is 6.26. The number of benzene rings is 1. The summed E-state index contributed by atoms with van der Waals surface area (Å²) < 4.78 is 7.05. The lowest BCUT2D eigenvalue weighted by Crippen LogP contribution is -2.42. The molecule has 3 aromatic rings. The van der Waals surface area contributed by atoms with Crippen molar-refractivity contribution in [1.82, 2.24) is 14.7 Å². The number of anilines is 1. The minimum Gasteiger partial charge on any atom is -0.490 e. The van der Waals surface area contributed by atoms with Gasteiger partial charge in [-0.3, -0.25) is 24.1 Å². The van der Waals surface area contributed by atoms with E-state index in [1.54, 1.807) is 30.5 Å². The van der Waals surface area contributed by atoms with Crippen molar-refractivity contribution in [2.75, 3.05) is 12.4 Å². The number of hydrogen-bond donors (Lipinski definition) is 3. The molecule has 1 unspecified atom stereocenters. The van der Waals surface area contributed by atoms with Gasteiger partial charge >= 0.3 is 11.7 Å². The minimum absolute atomic E-state index is 0.113. The second-order valence-electron chi connectivity index (χ2n) is 11.2. The summed E-state index contributed by atoms with van der Waals surface area (Å²) in [7, 11) is 1.39. The van der Waals surface area contributed by atoms with Crippen molar-refractivity contribution in [3.63, 3.8) is 0 Å². The summed E-state index contributed by atoms with van der Waals surface area (Å²) >= 11 is 0. The van der Waals surface area contributed by atoms with Crippen LogP contribution < -0.4 is 15.4 Å². The summed E-state index contributed by atoms with van der Waals surface area (Å²) in [4.78, 5) is 41.0. The molecule has 0 aliphatic heterocycles. The standard InChI is InChI=1S/C30H37N5O6/c1-41-25-13-12-20(16-24(25)35(39)40)28-29(31-22-10-6-3-7-11-22)34-15-14-21(17-26(34)33-28)30(38)32-23(18-27(36)37)19-8-4-2-5-9-19/h12-17,19,22-23,31H,2-11,18H2,1H3,(H,32,38)(H,36,37). The van der Waals surface area contributed by atoms with Crippen molar-refractivity contribution < 1.29 is 24.4 Å². The Morgan fingerprint density at radius 1 is 1.10 bits per heavy atom. The molecule has 1 atom stereocenters. The van der Waals surface area contributed by atoms with Crippen molar-refractivity contribution in [2.24, 2.45) is 5.92 Å². The number of aliphatic carboxylic acids is 1. The number of fused-ring (bicyclic) bond motifs is 1. The molecule has 2 aromatic heterocycles. The first-order valence-corrected chi connectivity index (χ1v) is 14.5. The van der Waals surface area contributed by atoms with Gasteiger partial charge in [-0.1, -0.05) is 38.5 Å². The maximum Gasteiger partial charge on any atom is 0.311 e. The Morgan fingerprint density at radius 3 is 2.46 bits per heavy atom. The first-order chi connectivity index (χ1) is 19.8. The van der Waals surface area contributed by atoms with E-state index in [1.807, 2.05) is 4.40 Å². The van der Waals surface area contributed by atoms with Crippen LogP contribution in [0.2, 0.25) is 0 Å². The number of ether oxygens (including phenoxy) is 1. The van der Waals surface area contributed by atoms with Gasteiger partial charge in [0.1, 0.15) is 17.2 Å². The molecule has 2 saturated carbocycles. The average molecular weight is 564 g/mol. The largest absolute Gasteiger partial charge is 0.490 e. The highest BCUT2D eigenvalue weighted by Crippen LogP contribution is 2.37. The molecule has 2 aliphatic rings. The van der Waals surface area contributed by atoms with Gasteiger partial charge in [0.15, 0.2) is 5.75 Å². The normalized spacial score (nSPS) is 17.2. The molecule has 3 N–H and O–H groups in total. The second-order valence-corrected chi connectivity index (χ2v) is 11.2. The molecule has 2 heterocycles. The molecular weight excluding hydrogens is 526 g/mol. The van der Waals surface area contributed by atoms with E-state index in [0.717, 1.165) is 57.8 Å². The molecule has 0 radical (unpaired) electrons. The smallest absolute Gasteiger partial charge is 0.311 e. The SMILES string of the molecule is COc1ccc(-c2nc3cc(C(=O)NC(CC(=O)O)C4CCCCC4)ccn3c2NC2CCCCC2)cc1[N+](=O)[O-]. The van der Waals surface area contributed by atoms with Crippen LogP contribution in [0, 0.1) is 16.0 Å². The lowest BCUT2D eigenvalue weighted by Gasteiger charge is -2.30. The average Bonchev–Trinajstić information content (AvgIpc) is 3.34. The number of carbonyl (C=O) groups is 2. The number of imidazole rings is 1. The van der Waals surface area contributed by atoms with Crippen LogP contribution in [0.3, 0.4) is 0 Å². The van der Waals surface area contributed by atoms with Gasteiger partial charge < -0.3 is 20.5 Å². The highest BCUT2D eigenvalue weighted by atomic mass is 16.6. The maximum atomic E-state index is 13.3. The van der Waals surface area contributed by atoms with Gasteiger partial charge in [0.25, 0.3) is 5.91 Å². The summed E-state index contributed by atoms with van der Waals surface area (Å²) in [5.41, 5.74) is 1.84. The Morgan fingerprint density at radius 2 is 1.80 bits per heavy atom. The predicted molar refractivity (Wildman–Crippen MR) is 154 cm³/mol. The number of pyridine rings is 1. The number of carbonyl (C=O) groups excluding carboxylic acids is 1. The van der Waals surface area contributed by atoms with E-state index in [9.17, 15) is 24.8 Å². The van der Waals surface area contributed by atoms with Gasteiger partial charge in [-0.2, -0.15) is 0 Å². The van der Waals surface area contributed by atoms with E-state index in [4.69, 9.17) is 9.72 Å². The van der Waals surface area contributed by atoms with Crippen LogP contribution in [-0.2, 0) is 4.79 Å². The number of carboxylic acids is 1. The predicted octanol–water partition coefficient (Wildman–Crippen LogP) is 5.82. The van der Waals surface area contributed by atoms with Crippen LogP contribution >= 0.6 is 0 Å². The molecule has 0 spiro atoms. The zero-order valence-electron chi connectivity index (χ0n) is 23.3. The first-order valence-electron chi connectivity index (χ1n) is 14.5. The third-order valence-corrected chi connectivity index (χ3v) is 8.41. The number of aromatic nitrogens is 2. The Balaban J connectivity index is 1.50. The molecule has 1 aromatic carbocycles. The monoisotopic (exact) mass is 563 g/mol. The summed E-state index contributed by atoms with van der Waals surface area (Å²) in [6.45, 7) is 0. The van der Waals surface area contributed by atoms with Gasteiger partial charge in [0, 0.05) is 35.5 Å². The van der Waals surface area contributed by atoms with Crippen LogP contribution in [0.4, 0.5) is 11.5 Å². The quantitative estimate of drug-likeness (QED) is 0.207. The van der Waals surface area contributed by atoms with Gasteiger partial charge in [-0.05, 0) is 55.9 Å². The van der Waals surface area contributed by atoms with Gasteiger partial charge in [-0.25, -0.2) is 4.98 Å². The number of nitro groups is 1. The van der Waals surface area contributed by atoms with Gasteiger partial charge in [-0.15, -0.1) is 0 Å². The lowest BCUT2D eigenvalue weighted by atomic mass is 9.82. The van der Waals surface area contributed by atoms with Crippen LogP contribution in [-0.4, -0.2) is 50.5 Å². The third-order valence-electron chi connectivity index (χ3n) is 8.41. The number of methoxy groups -OCH3 is 1. The third kappa shape index (κ3) is 6.44. The number of hydrogen-bond acceptors (Lipinski definition) is 7. The molecule has 5 rings (SSSR count). The van der Waals surface area contributed by atoms with Crippen LogP contribution in [0.1, 0.15) is 81.0 Å². The topological polar surface area (TPSA) is 148 Å². The Hall–Kier alpha value is -4.15. The van der Waals surface area contributed by atoms with Crippen LogP contribution in [0.15, 0.2) is 36.5 Å². The van der Waals surface area contributed by atoms with E-state index in [-0.39, 0.29) is 35.7 Å². The summed E-state index contributed by atoms with van der Waals surface area (Å²) in [6.07, 6.45) is 12.2. The Labute approximate surface area is 238 Å². The van der Waals surface area contributed by atoms with E-state index >= 15 is 0 Å². The van der Waals surface area contributed by atoms with Crippen molar-refractivity contribution in [2.45, 2.75) is 82.7 Å². The number of nitrogens with zero attached hydrogens (tertiary/aromatic N) is 3. The maximum absolute atomic E-state index is 13.3. The zero-order chi connectivity index (χ0) is 28.9. The molecule has 1 amide bonds. The molecule has 0 bridgehead atoms. The van der Waals surface area contributed by atoms with E-state index in [0.29, 0.717) is 28.3 Å². The number of amides is 1. The zero-order valence-corrected chi connectivity index (χ0v) is 23.3. The summed E-state index contributed by atoms with van der Waals surface area (Å²) in [6, 6.07) is 7.96. The van der Waals surface area contributed by atoms with E-state index < -0.39 is 16.9 Å². The van der Waals surface area contributed by atoms with Crippen molar-refractivity contribution in [3.05, 3.63) is 52.2 Å². The molecule has 2 fully saturated rings. The molecule has 41 heavy (non-hydrogen) atoms.